The Morgan fingerprint density at radius 2 is 1.07 bits per heavy atom. The number of nitrogens with one attached hydrogen (secondary N) is 2. The first-order valence-corrected chi connectivity index (χ1v) is 11.7. The van der Waals surface area contributed by atoms with E-state index in [0.29, 0.717) is 39.1 Å². The van der Waals surface area contributed by atoms with Gasteiger partial charge in [0.05, 0.1) is 26.1 Å². The van der Waals surface area contributed by atoms with Crippen LogP contribution in [0.5, 0.6) is 0 Å². The van der Waals surface area contributed by atoms with E-state index in [4.69, 9.17) is 9.47 Å². The smallest absolute Gasteiger partial charge is 0.307 e. The van der Waals surface area contributed by atoms with Crippen LogP contribution in [0, 0.1) is 0 Å². The van der Waals surface area contributed by atoms with E-state index in [0.717, 1.165) is 64.5 Å². The molecule has 0 aliphatic rings. The van der Waals surface area contributed by atoms with Gasteiger partial charge in [-0.1, -0.05) is 38.2 Å². The molecule has 0 unspecified atom stereocenters. The van der Waals surface area contributed by atoms with Crippen LogP contribution in [-0.2, 0) is 19.1 Å². The summed E-state index contributed by atoms with van der Waals surface area (Å²) >= 11 is 0. The molecule has 0 fully saturated rings. The number of hydrogen-bond acceptors (Lipinski definition) is 6. The van der Waals surface area contributed by atoms with Gasteiger partial charge in [-0.2, -0.15) is 0 Å². The first-order chi connectivity index (χ1) is 14.7. The summed E-state index contributed by atoms with van der Waals surface area (Å²) in [6.45, 7) is 8.29. The Morgan fingerprint density at radius 1 is 0.633 bits per heavy atom. The summed E-state index contributed by atoms with van der Waals surface area (Å²) in [6, 6.07) is 0. The third kappa shape index (κ3) is 22.6. The molecule has 0 aromatic rings. The van der Waals surface area contributed by atoms with E-state index in [-0.39, 0.29) is 11.9 Å². The molecule has 6 heteroatoms. The zero-order valence-corrected chi connectivity index (χ0v) is 19.3. The van der Waals surface area contributed by atoms with E-state index >= 15 is 0 Å². The van der Waals surface area contributed by atoms with Crippen molar-refractivity contribution in [2.45, 2.75) is 78.1 Å². The minimum absolute atomic E-state index is 0.132. The van der Waals surface area contributed by atoms with Gasteiger partial charge in [0.1, 0.15) is 0 Å². The maximum Gasteiger partial charge on any atom is 0.307 e. The highest BCUT2D eigenvalue weighted by molar-refractivity contribution is 5.69. The normalized spacial score (nSPS) is 11.4. The Bertz CT molecular complexity index is 422. The van der Waals surface area contributed by atoms with Gasteiger partial charge in [0.2, 0.25) is 0 Å². The van der Waals surface area contributed by atoms with Crippen molar-refractivity contribution < 1.29 is 19.1 Å². The van der Waals surface area contributed by atoms with E-state index in [1.165, 1.54) is 0 Å². The molecular weight excluding hydrogens is 380 g/mol. The summed E-state index contributed by atoms with van der Waals surface area (Å²) in [7, 11) is 0. The molecule has 0 bridgehead atoms. The Labute approximate surface area is 183 Å². The predicted molar refractivity (Wildman–Crippen MR) is 123 cm³/mol. The zero-order valence-electron chi connectivity index (χ0n) is 19.3. The Kier molecular flexibility index (Phi) is 22.3. The maximum atomic E-state index is 11.6. The molecule has 0 saturated heterocycles. The fourth-order valence-corrected chi connectivity index (χ4v) is 2.62. The summed E-state index contributed by atoms with van der Waals surface area (Å²) in [5, 5.41) is 6.53. The lowest BCUT2D eigenvalue weighted by Crippen LogP contribution is -2.23. The van der Waals surface area contributed by atoms with Crippen molar-refractivity contribution in [2.24, 2.45) is 0 Å². The van der Waals surface area contributed by atoms with Gasteiger partial charge in [-0.05, 0) is 64.5 Å². The van der Waals surface area contributed by atoms with Gasteiger partial charge in [0, 0.05) is 13.1 Å². The fraction of sp³-hybridized carbons (Fsp3) is 0.750. The van der Waals surface area contributed by atoms with Crippen molar-refractivity contribution in [3.8, 4) is 0 Å². The van der Waals surface area contributed by atoms with Crippen LogP contribution in [0.4, 0.5) is 0 Å². The van der Waals surface area contributed by atoms with Crippen molar-refractivity contribution in [3.63, 3.8) is 0 Å². The van der Waals surface area contributed by atoms with Crippen molar-refractivity contribution in [3.05, 3.63) is 24.3 Å². The fourth-order valence-electron chi connectivity index (χ4n) is 2.62. The molecule has 0 saturated carbocycles. The first-order valence-electron chi connectivity index (χ1n) is 11.7. The van der Waals surface area contributed by atoms with Gasteiger partial charge in [-0.25, -0.2) is 0 Å². The van der Waals surface area contributed by atoms with Crippen molar-refractivity contribution in [2.75, 3.05) is 39.4 Å². The molecule has 0 rings (SSSR count). The number of unbranched alkanes of at least 4 members (excludes halogenated alkanes) is 3. The number of rotatable bonds is 21. The maximum absolute atomic E-state index is 11.6. The molecule has 0 amide bonds. The number of carbonyl (C=O) groups is 2. The number of hydrogen-bond donors (Lipinski definition) is 2. The molecular formula is C24H44N2O4. The van der Waals surface area contributed by atoms with Crippen molar-refractivity contribution in [1.29, 1.82) is 0 Å². The van der Waals surface area contributed by atoms with Crippen molar-refractivity contribution in [1.82, 2.24) is 10.6 Å². The average molecular weight is 425 g/mol. The molecule has 2 N–H and O–H groups in total. The SMILES string of the molecule is CC/C=C\CCCOC(=O)CCNCCCCNCCC(=O)OCCC/C=C\CC. The second-order valence-corrected chi connectivity index (χ2v) is 7.19. The standard InChI is InChI=1S/C24H44N2O4/c1-3-5-7-9-13-21-29-23(27)15-19-25-17-11-12-18-26-20-16-24(28)30-22-14-10-8-6-4-2/h5-8,25-26H,3-4,9-22H2,1-2H3/b7-5-,8-6-. The summed E-state index contributed by atoms with van der Waals surface area (Å²) in [6.07, 6.45) is 17.2. The van der Waals surface area contributed by atoms with Crippen molar-refractivity contribution >= 4 is 11.9 Å². The number of ether oxygens (including phenoxy) is 2. The van der Waals surface area contributed by atoms with E-state index in [1.54, 1.807) is 0 Å². The Balaban J connectivity index is 3.28. The highest BCUT2D eigenvalue weighted by atomic mass is 16.5. The quantitative estimate of drug-likeness (QED) is 0.162. The van der Waals surface area contributed by atoms with Crippen LogP contribution in [0.15, 0.2) is 24.3 Å². The van der Waals surface area contributed by atoms with Crippen LogP contribution < -0.4 is 10.6 Å². The summed E-state index contributed by atoms with van der Waals surface area (Å²) in [4.78, 5) is 23.2. The largest absolute Gasteiger partial charge is 0.466 e. The lowest BCUT2D eigenvalue weighted by atomic mass is 10.3. The Morgan fingerprint density at radius 3 is 1.47 bits per heavy atom. The number of allylic oxidation sites excluding steroid dienone is 4. The lowest BCUT2D eigenvalue weighted by Gasteiger charge is -2.07. The van der Waals surface area contributed by atoms with Crippen LogP contribution in [0.2, 0.25) is 0 Å². The second-order valence-electron chi connectivity index (χ2n) is 7.19. The van der Waals surface area contributed by atoms with Crippen LogP contribution in [0.3, 0.4) is 0 Å². The number of carbonyl (C=O) groups excluding carboxylic acids is 2. The highest BCUT2D eigenvalue weighted by Crippen LogP contribution is 1.96. The molecule has 0 radical (unpaired) electrons. The van der Waals surface area contributed by atoms with Gasteiger partial charge in [-0.3, -0.25) is 9.59 Å². The topological polar surface area (TPSA) is 76.7 Å². The van der Waals surface area contributed by atoms with E-state index in [2.05, 4.69) is 48.8 Å². The first kappa shape index (κ1) is 28.3. The van der Waals surface area contributed by atoms with Gasteiger partial charge in [-0.15, -0.1) is 0 Å². The van der Waals surface area contributed by atoms with E-state index in [1.807, 2.05) is 0 Å². The van der Waals surface area contributed by atoms with E-state index < -0.39 is 0 Å². The number of esters is 2. The van der Waals surface area contributed by atoms with Crippen LogP contribution >= 0.6 is 0 Å². The molecule has 0 aliphatic carbocycles. The molecule has 174 valence electrons. The van der Waals surface area contributed by atoms with Gasteiger partial charge in [0.25, 0.3) is 0 Å². The van der Waals surface area contributed by atoms with Gasteiger partial charge >= 0.3 is 11.9 Å². The third-order valence-corrected chi connectivity index (χ3v) is 4.33. The molecule has 6 nitrogen and oxygen atoms in total. The minimum Gasteiger partial charge on any atom is -0.466 e. The molecule has 0 heterocycles. The minimum atomic E-state index is -0.132. The van der Waals surface area contributed by atoms with Crippen LogP contribution in [0.25, 0.3) is 0 Å². The molecule has 30 heavy (non-hydrogen) atoms. The third-order valence-electron chi connectivity index (χ3n) is 4.33. The van der Waals surface area contributed by atoms with Gasteiger partial charge < -0.3 is 20.1 Å². The summed E-state index contributed by atoms with van der Waals surface area (Å²) < 4.78 is 10.4. The predicted octanol–water partition coefficient (Wildman–Crippen LogP) is 4.31. The van der Waals surface area contributed by atoms with E-state index in [9.17, 15) is 9.59 Å². The van der Waals surface area contributed by atoms with Crippen LogP contribution in [-0.4, -0.2) is 51.3 Å². The molecule has 0 spiro atoms. The molecule has 0 atom stereocenters. The molecule has 0 aromatic heterocycles. The van der Waals surface area contributed by atoms with Crippen LogP contribution in [0.1, 0.15) is 78.1 Å². The Hall–Kier alpha value is -1.66. The highest BCUT2D eigenvalue weighted by Gasteiger charge is 2.02. The summed E-state index contributed by atoms with van der Waals surface area (Å²) in [5.41, 5.74) is 0. The summed E-state index contributed by atoms with van der Waals surface area (Å²) in [5.74, 6) is -0.263. The molecule has 0 aromatic carbocycles. The average Bonchev–Trinajstić information content (AvgIpc) is 2.74. The zero-order chi connectivity index (χ0) is 22.1. The van der Waals surface area contributed by atoms with Gasteiger partial charge in [0.15, 0.2) is 0 Å². The lowest BCUT2D eigenvalue weighted by molar-refractivity contribution is -0.144. The molecule has 0 aliphatic heterocycles. The monoisotopic (exact) mass is 424 g/mol. The second kappa shape index (κ2) is 23.6.